The van der Waals surface area contributed by atoms with E-state index >= 15 is 0 Å². The second-order valence-electron chi connectivity index (χ2n) is 11.3. The van der Waals surface area contributed by atoms with E-state index in [-0.39, 0.29) is 31.1 Å². The standard InChI is InChI=1S/C20H21NO2.C17H20N2O6/c1-3-21(4-2)20(22)23-14-19-17-11-7-5-9-15(17)13-16-10-6-8-12-18(16)19;1-12(2)16(20)25-14-7-9-18(10-8-14)17(21)24-11-13-5-3-4-6-15(13)19(22)23/h5-13H,3-4,14H2,1-2H3;3-6,14H,1,7-11H2,2H3. The summed E-state index contributed by atoms with van der Waals surface area (Å²) in [5.74, 6) is -0.433. The molecular weight excluding hydrogens is 614 g/mol. The molecule has 0 bridgehead atoms. The van der Waals surface area contributed by atoms with Gasteiger partial charge in [0.25, 0.3) is 5.69 Å². The van der Waals surface area contributed by atoms with Gasteiger partial charge in [-0.1, -0.05) is 67.2 Å². The predicted molar refractivity (Wildman–Crippen MR) is 183 cm³/mol. The first-order chi connectivity index (χ1) is 23.1. The molecule has 4 aromatic carbocycles. The molecule has 4 aromatic rings. The van der Waals surface area contributed by atoms with Gasteiger partial charge >= 0.3 is 18.2 Å². The Morgan fingerprint density at radius 1 is 0.875 bits per heavy atom. The van der Waals surface area contributed by atoms with Crippen molar-refractivity contribution in [1.82, 2.24) is 9.80 Å². The number of ether oxygens (including phenoxy) is 3. The van der Waals surface area contributed by atoms with Crippen LogP contribution in [0, 0.1) is 10.1 Å². The molecule has 0 aliphatic carbocycles. The van der Waals surface area contributed by atoms with E-state index in [1.807, 2.05) is 38.1 Å². The molecule has 0 N–H and O–H groups in total. The van der Waals surface area contributed by atoms with Crippen LogP contribution >= 0.6 is 0 Å². The largest absolute Gasteiger partial charge is 0.459 e. The molecule has 1 fully saturated rings. The molecule has 252 valence electrons. The van der Waals surface area contributed by atoms with Crippen LogP contribution in [-0.4, -0.2) is 65.2 Å². The number of hydrogen-bond acceptors (Lipinski definition) is 8. The number of piperidine rings is 1. The molecule has 0 spiro atoms. The quantitative estimate of drug-likeness (QED) is 0.0446. The van der Waals surface area contributed by atoms with Crippen molar-refractivity contribution in [2.75, 3.05) is 26.2 Å². The third kappa shape index (κ3) is 9.09. The molecule has 2 amide bonds. The number of nitro groups is 1. The molecule has 1 saturated heterocycles. The molecular formula is C37H41N3O8. The topological polar surface area (TPSA) is 129 Å². The van der Waals surface area contributed by atoms with E-state index < -0.39 is 17.0 Å². The van der Waals surface area contributed by atoms with Gasteiger partial charge in [-0.15, -0.1) is 0 Å². The number of nitrogens with zero attached hydrogens (tertiary/aromatic N) is 3. The van der Waals surface area contributed by atoms with Gasteiger partial charge in [0.15, 0.2) is 0 Å². The van der Waals surface area contributed by atoms with Crippen LogP contribution in [0.15, 0.2) is 91.0 Å². The fourth-order valence-electron chi connectivity index (χ4n) is 5.42. The first kappa shape index (κ1) is 35.4. The van der Waals surface area contributed by atoms with Crippen LogP contribution < -0.4 is 0 Å². The number of benzene rings is 4. The van der Waals surface area contributed by atoms with E-state index in [4.69, 9.17) is 14.2 Å². The molecule has 1 aliphatic heterocycles. The van der Waals surface area contributed by atoms with Gasteiger partial charge in [0, 0.05) is 56.2 Å². The average molecular weight is 656 g/mol. The minimum atomic E-state index is -0.539. The van der Waals surface area contributed by atoms with Gasteiger partial charge < -0.3 is 24.0 Å². The SMILES string of the molecule is C=C(C)C(=O)OC1CCN(C(=O)OCc2ccccc2[N+](=O)[O-])CC1.CCN(CC)C(=O)OCc1c2ccccc2cc2ccccc12. The number of likely N-dealkylation sites (tertiary alicyclic amines) is 1. The monoisotopic (exact) mass is 655 g/mol. The highest BCUT2D eigenvalue weighted by molar-refractivity contribution is 6.02. The smallest absolute Gasteiger partial charge is 0.410 e. The third-order valence-electron chi connectivity index (χ3n) is 8.11. The van der Waals surface area contributed by atoms with Crippen molar-refractivity contribution in [2.24, 2.45) is 0 Å². The van der Waals surface area contributed by atoms with Crippen LogP contribution in [0.1, 0.15) is 44.7 Å². The Labute approximate surface area is 279 Å². The molecule has 0 atom stereocenters. The Morgan fingerprint density at radius 2 is 1.44 bits per heavy atom. The minimum Gasteiger partial charge on any atom is -0.459 e. The maximum absolute atomic E-state index is 12.2. The predicted octanol–water partition coefficient (Wildman–Crippen LogP) is 7.79. The maximum atomic E-state index is 12.2. The fraction of sp³-hybridized carbons (Fsp3) is 0.324. The van der Waals surface area contributed by atoms with E-state index in [0.29, 0.717) is 50.2 Å². The lowest BCUT2D eigenvalue weighted by molar-refractivity contribution is -0.385. The average Bonchev–Trinajstić information content (AvgIpc) is 3.10. The van der Waals surface area contributed by atoms with E-state index in [1.165, 1.54) is 21.7 Å². The summed E-state index contributed by atoms with van der Waals surface area (Å²) in [5, 5.41) is 15.6. The van der Waals surface area contributed by atoms with Crippen LogP contribution in [0.4, 0.5) is 15.3 Å². The highest BCUT2D eigenvalue weighted by Gasteiger charge is 2.27. The Hall–Kier alpha value is -5.45. The lowest BCUT2D eigenvalue weighted by Crippen LogP contribution is -2.41. The number of carbonyl (C=O) groups excluding carboxylic acids is 3. The highest BCUT2D eigenvalue weighted by atomic mass is 16.6. The van der Waals surface area contributed by atoms with Crippen molar-refractivity contribution < 1.29 is 33.5 Å². The van der Waals surface area contributed by atoms with Gasteiger partial charge in [-0.2, -0.15) is 0 Å². The van der Waals surface area contributed by atoms with E-state index in [0.717, 1.165) is 16.3 Å². The summed E-state index contributed by atoms with van der Waals surface area (Å²) in [4.78, 5) is 49.4. The van der Waals surface area contributed by atoms with Crippen LogP contribution in [-0.2, 0) is 32.2 Å². The first-order valence-electron chi connectivity index (χ1n) is 15.9. The first-order valence-corrected chi connectivity index (χ1v) is 15.9. The molecule has 0 aromatic heterocycles. The molecule has 11 nitrogen and oxygen atoms in total. The number of rotatable bonds is 9. The molecule has 1 aliphatic rings. The lowest BCUT2D eigenvalue weighted by atomic mass is 9.97. The normalized spacial score (nSPS) is 12.9. The Bertz CT molecular complexity index is 1720. The highest BCUT2D eigenvalue weighted by Crippen LogP contribution is 2.29. The zero-order chi connectivity index (χ0) is 34.6. The number of esters is 1. The van der Waals surface area contributed by atoms with Gasteiger partial charge in [-0.3, -0.25) is 10.1 Å². The summed E-state index contributed by atoms with van der Waals surface area (Å²) >= 11 is 0. The van der Waals surface area contributed by atoms with Gasteiger partial charge in [0.2, 0.25) is 0 Å². The van der Waals surface area contributed by atoms with Crippen molar-refractivity contribution in [3.05, 3.63) is 112 Å². The minimum absolute atomic E-state index is 0.0827. The number of hydrogen-bond donors (Lipinski definition) is 0. The van der Waals surface area contributed by atoms with Gasteiger partial charge in [-0.05, 0) is 54.4 Å². The zero-order valence-electron chi connectivity index (χ0n) is 27.6. The van der Waals surface area contributed by atoms with E-state index in [2.05, 4.69) is 36.9 Å². The maximum Gasteiger partial charge on any atom is 0.410 e. The van der Waals surface area contributed by atoms with E-state index in [1.54, 1.807) is 30.0 Å². The summed E-state index contributed by atoms with van der Waals surface area (Å²) in [6, 6.07) is 24.8. The van der Waals surface area contributed by atoms with Crippen molar-refractivity contribution in [1.29, 1.82) is 0 Å². The Balaban J connectivity index is 0.000000217. The zero-order valence-corrected chi connectivity index (χ0v) is 27.6. The third-order valence-corrected chi connectivity index (χ3v) is 8.11. The lowest BCUT2D eigenvalue weighted by Gasteiger charge is -2.31. The number of amides is 2. The number of nitro benzene ring substituents is 1. The molecule has 0 unspecified atom stereocenters. The number of para-hydroxylation sites is 1. The Morgan fingerprint density at radius 3 is 2.00 bits per heavy atom. The van der Waals surface area contributed by atoms with Gasteiger partial charge in [-0.25, -0.2) is 14.4 Å². The summed E-state index contributed by atoms with van der Waals surface area (Å²) in [7, 11) is 0. The molecule has 48 heavy (non-hydrogen) atoms. The van der Waals surface area contributed by atoms with Crippen LogP contribution in [0.25, 0.3) is 21.5 Å². The van der Waals surface area contributed by atoms with Gasteiger partial charge in [0.05, 0.1) is 10.5 Å². The molecule has 1 heterocycles. The van der Waals surface area contributed by atoms with Crippen molar-refractivity contribution in [2.45, 2.75) is 52.9 Å². The van der Waals surface area contributed by atoms with E-state index in [9.17, 15) is 24.5 Å². The number of carbonyl (C=O) groups is 3. The van der Waals surface area contributed by atoms with Gasteiger partial charge in [0.1, 0.15) is 19.3 Å². The molecule has 0 saturated carbocycles. The Kier molecular flexibility index (Phi) is 12.5. The summed E-state index contributed by atoms with van der Waals surface area (Å²) in [6.07, 6.45) is -0.0162. The molecule has 0 radical (unpaired) electrons. The summed E-state index contributed by atoms with van der Waals surface area (Å²) < 4.78 is 16.0. The van der Waals surface area contributed by atoms with Crippen LogP contribution in [0.5, 0.6) is 0 Å². The second kappa shape index (κ2) is 16.9. The van der Waals surface area contributed by atoms with Crippen LogP contribution in [0.3, 0.4) is 0 Å². The van der Waals surface area contributed by atoms with Crippen molar-refractivity contribution in [3.63, 3.8) is 0 Å². The molecule has 5 rings (SSSR count). The summed E-state index contributed by atoms with van der Waals surface area (Å²) in [6.45, 7) is 11.2. The van der Waals surface area contributed by atoms with Crippen molar-refractivity contribution >= 4 is 45.4 Å². The molecule has 11 heteroatoms. The van der Waals surface area contributed by atoms with Crippen molar-refractivity contribution in [3.8, 4) is 0 Å². The summed E-state index contributed by atoms with van der Waals surface area (Å²) in [5.41, 5.74) is 1.66. The fourth-order valence-corrected chi connectivity index (χ4v) is 5.42. The second-order valence-corrected chi connectivity index (χ2v) is 11.3. The van der Waals surface area contributed by atoms with Crippen LogP contribution in [0.2, 0.25) is 0 Å². The number of fused-ring (bicyclic) bond motifs is 2.